The number of halogens is 1. The Labute approximate surface area is 127 Å². The zero-order valence-electron chi connectivity index (χ0n) is 13.1. The molecule has 2 unspecified atom stereocenters. The third-order valence-corrected chi connectivity index (χ3v) is 3.90. The summed E-state index contributed by atoms with van der Waals surface area (Å²) in [6, 6.07) is 7.13. The fraction of sp³-hybridized carbons (Fsp3) is 0.647. The van der Waals surface area contributed by atoms with E-state index in [1.54, 1.807) is 12.1 Å². The number of rotatable bonds is 6. The van der Waals surface area contributed by atoms with Gasteiger partial charge in [0, 0.05) is 37.8 Å². The van der Waals surface area contributed by atoms with Gasteiger partial charge in [-0.25, -0.2) is 4.39 Å². The predicted molar refractivity (Wildman–Crippen MR) is 83.9 cm³/mol. The first-order valence-corrected chi connectivity index (χ1v) is 8.02. The molecule has 0 aliphatic carbocycles. The summed E-state index contributed by atoms with van der Waals surface area (Å²) in [7, 11) is 0. The zero-order chi connectivity index (χ0) is 15.1. The van der Waals surface area contributed by atoms with Crippen LogP contribution in [-0.4, -0.2) is 43.8 Å². The van der Waals surface area contributed by atoms with Gasteiger partial charge in [-0.15, -0.1) is 0 Å². The monoisotopic (exact) mass is 294 g/mol. The van der Waals surface area contributed by atoms with E-state index in [0.717, 1.165) is 51.2 Å². The van der Waals surface area contributed by atoms with Crippen LogP contribution in [0.25, 0.3) is 0 Å². The van der Waals surface area contributed by atoms with Crippen LogP contribution in [0.15, 0.2) is 24.3 Å². The van der Waals surface area contributed by atoms with Crippen LogP contribution in [-0.2, 0) is 4.74 Å². The molecule has 0 aromatic heterocycles. The molecule has 1 aromatic carbocycles. The second kappa shape index (κ2) is 8.47. The van der Waals surface area contributed by atoms with Crippen LogP contribution in [0.4, 0.5) is 4.39 Å². The fourth-order valence-corrected chi connectivity index (χ4v) is 2.85. The van der Waals surface area contributed by atoms with E-state index in [4.69, 9.17) is 4.74 Å². The summed E-state index contributed by atoms with van der Waals surface area (Å²) in [5.41, 5.74) is 0.767. The summed E-state index contributed by atoms with van der Waals surface area (Å²) in [5.74, 6) is -0.120. The molecule has 1 heterocycles. The predicted octanol–water partition coefficient (Wildman–Crippen LogP) is 2.98. The lowest BCUT2D eigenvalue weighted by atomic mass is 10.0. The van der Waals surface area contributed by atoms with Crippen LogP contribution in [0.2, 0.25) is 0 Å². The Hall–Kier alpha value is -0.970. The molecule has 1 aliphatic heterocycles. The molecule has 2 atom stereocenters. The summed E-state index contributed by atoms with van der Waals surface area (Å²) < 4.78 is 19.8. The lowest BCUT2D eigenvalue weighted by Gasteiger charge is -2.28. The molecule has 0 bridgehead atoms. The zero-order valence-corrected chi connectivity index (χ0v) is 13.1. The van der Waals surface area contributed by atoms with Crippen molar-refractivity contribution in [3.05, 3.63) is 35.6 Å². The van der Waals surface area contributed by atoms with Crippen molar-refractivity contribution in [2.75, 3.05) is 32.8 Å². The SMILES string of the molecule is CCCNC(CN1CCCOC(C)C1)c1ccccc1F. The molecular formula is C17H27FN2O. The average Bonchev–Trinajstić information content (AvgIpc) is 2.68. The molecule has 3 nitrogen and oxygen atoms in total. The molecule has 0 radical (unpaired) electrons. The second-order valence-corrected chi connectivity index (χ2v) is 5.82. The van der Waals surface area contributed by atoms with Crippen LogP contribution in [0.3, 0.4) is 0 Å². The lowest BCUT2D eigenvalue weighted by molar-refractivity contribution is 0.0663. The molecule has 1 N–H and O–H groups in total. The van der Waals surface area contributed by atoms with Crippen LogP contribution < -0.4 is 5.32 Å². The molecular weight excluding hydrogens is 267 g/mol. The summed E-state index contributed by atoms with van der Waals surface area (Å²) in [5, 5.41) is 3.49. The molecule has 1 saturated heterocycles. The molecule has 118 valence electrons. The van der Waals surface area contributed by atoms with Gasteiger partial charge in [0.25, 0.3) is 0 Å². The van der Waals surface area contributed by atoms with Gasteiger partial charge >= 0.3 is 0 Å². The Morgan fingerprint density at radius 3 is 3.00 bits per heavy atom. The van der Waals surface area contributed by atoms with Crippen molar-refractivity contribution >= 4 is 0 Å². The number of hydrogen-bond acceptors (Lipinski definition) is 3. The molecule has 0 amide bonds. The molecule has 0 spiro atoms. The first kappa shape index (κ1) is 16.4. The van der Waals surface area contributed by atoms with E-state index in [-0.39, 0.29) is 18.0 Å². The highest BCUT2D eigenvalue weighted by Crippen LogP contribution is 2.19. The van der Waals surface area contributed by atoms with E-state index in [1.165, 1.54) is 0 Å². The molecule has 0 saturated carbocycles. The Morgan fingerprint density at radius 1 is 1.43 bits per heavy atom. The average molecular weight is 294 g/mol. The Bertz CT molecular complexity index is 427. The van der Waals surface area contributed by atoms with Crippen LogP contribution >= 0.6 is 0 Å². The minimum Gasteiger partial charge on any atom is -0.377 e. The van der Waals surface area contributed by atoms with E-state index < -0.39 is 0 Å². The quantitative estimate of drug-likeness (QED) is 0.873. The topological polar surface area (TPSA) is 24.5 Å². The Morgan fingerprint density at radius 2 is 2.24 bits per heavy atom. The third kappa shape index (κ3) is 5.06. The molecule has 21 heavy (non-hydrogen) atoms. The van der Waals surface area contributed by atoms with Crippen molar-refractivity contribution in [2.24, 2.45) is 0 Å². The molecule has 4 heteroatoms. The van der Waals surface area contributed by atoms with Crippen molar-refractivity contribution in [1.82, 2.24) is 10.2 Å². The van der Waals surface area contributed by atoms with Gasteiger partial charge in [-0.1, -0.05) is 25.1 Å². The number of nitrogens with zero attached hydrogens (tertiary/aromatic N) is 1. The summed E-state index contributed by atoms with van der Waals surface area (Å²) in [6.45, 7) is 8.73. The number of ether oxygens (including phenoxy) is 1. The molecule has 1 aliphatic rings. The Kier molecular flexibility index (Phi) is 6.61. The van der Waals surface area contributed by atoms with Gasteiger partial charge in [-0.2, -0.15) is 0 Å². The van der Waals surface area contributed by atoms with E-state index in [1.807, 2.05) is 12.1 Å². The van der Waals surface area contributed by atoms with Gasteiger partial charge in [0.2, 0.25) is 0 Å². The van der Waals surface area contributed by atoms with Gasteiger partial charge in [-0.05, 0) is 32.4 Å². The van der Waals surface area contributed by atoms with Gasteiger partial charge < -0.3 is 10.1 Å². The van der Waals surface area contributed by atoms with Crippen molar-refractivity contribution in [3.8, 4) is 0 Å². The van der Waals surface area contributed by atoms with E-state index >= 15 is 0 Å². The minimum atomic E-state index is -0.120. The maximum absolute atomic E-state index is 14.1. The van der Waals surface area contributed by atoms with Crippen molar-refractivity contribution < 1.29 is 9.13 Å². The third-order valence-electron chi connectivity index (χ3n) is 3.90. The lowest BCUT2D eigenvalue weighted by Crippen LogP contribution is -2.39. The normalized spacial score (nSPS) is 22.0. The summed E-state index contributed by atoms with van der Waals surface area (Å²) >= 11 is 0. The standard InChI is InChI=1S/C17H27FN2O/c1-3-9-19-17(15-7-4-5-8-16(15)18)13-20-10-6-11-21-14(2)12-20/h4-5,7-8,14,17,19H,3,6,9-13H2,1-2H3. The highest BCUT2D eigenvalue weighted by Gasteiger charge is 2.21. The highest BCUT2D eigenvalue weighted by atomic mass is 19.1. The van der Waals surface area contributed by atoms with E-state index in [2.05, 4.69) is 24.1 Å². The van der Waals surface area contributed by atoms with E-state index in [0.29, 0.717) is 0 Å². The van der Waals surface area contributed by atoms with Crippen LogP contribution in [0.5, 0.6) is 0 Å². The largest absolute Gasteiger partial charge is 0.377 e. The summed E-state index contributed by atoms with van der Waals surface area (Å²) in [6.07, 6.45) is 2.34. The van der Waals surface area contributed by atoms with E-state index in [9.17, 15) is 4.39 Å². The highest BCUT2D eigenvalue weighted by molar-refractivity contribution is 5.21. The number of benzene rings is 1. The van der Waals surface area contributed by atoms with Crippen LogP contribution in [0.1, 0.15) is 38.3 Å². The van der Waals surface area contributed by atoms with Crippen LogP contribution in [0, 0.1) is 5.82 Å². The first-order valence-electron chi connectivity index (χ1n) is 8.02. The maximum atomic E-state index is 14.1. The van der Waals surface area contributed by atoms with Crippen molar-refractivity contribution in [3.63, 3.8) is 0 Å². The van der Waals surface area contributed by atoms with Gasteiger partial charge in [0.05, 0.1) is 6.10 Å². The number of hydrogen-bond donors (Lipinski definition) is 1. The van der Waals surface area contributed by atoms with Gasteiger partial charge in [-0.3, -0.25) is 4.90 Å². The van der Waals surface area contributed by atoms with Crippen molar-refractivity contribution in [1.29, 1.82) is 0 Å². The van der Waals surface area contributed by atoms with Gasteiger partial charge in [0.15, 0.2) is 0 Å². The molecule has 1 fully saturated rings. The minimum absolute atomic E-state index is 0.0384. The maximum Gasteiger partial charge on any atom is 0.128 e. The molecule has 1 aromatic rings. The fourth-order valence-electron chi connectivity index (χ4n) is 2.85. The second-order valence-electron chi connectivity index (χ2n) is 5.82. The smallest absolute Gasteiger partial charge is 0.128 e. The first-order chi connectivity index (χ1) is 10.2. The van der Waals surface area contributed by atoms with Gasteiger partial charge in [0.1, 0.15) is 5.82 Å². The molecule has 2 rings (SSSR count). The number of nitrogens with one attached hydrogen (secondary N) is 1. The Balaban J connectivity index is 2.07. The summed E-state index contributed by atoms with van der Waals surface area (Å²) in [4.78, 5) is 2.39. The van der Waals surface area contributed by atoms with Crippen molar-refractivity contribution in [2.45, 2.75) is 38.8 Å².